The average Bonchev–Trinajstić information content (AvgIpc) is 2.80. The minimum absolute atomic E-state index is 0.190. The number of ether oxygens (including phenoxy) is 1. The molecule has 18 heavy (non-hydrogen) atoms. The maximum absolute atomic E-state index is 8.86. The van der Waals surface area contributed by atoms with Gasteiger partial charge in [-0.15, -0.1) is 0 Å². The molecule has 1 heterocycles. The molecule has 3 nitrogen and oxygen atoms in total. The first kappa shape index (κ1) is 14.5. The highest BCUT2D eigenvalue weighted by molar-refractivity contribution is 5.13. The molecule has 0 spiro atoms. The van der Waals surface area contributed by atoms with Gasteiger partial charge >= 0.3 is 0 Å². The van der Waals surface area contributed by atoms with Crippen molar-refractivity contribution in [1.29, 1.82) is 5.26 Å². The second-order valence-electron chi connectivity index (χ2n) is 4.26. The van der Waals surface area contributed by atoms with E-state index in [2.05, 4.69) is 25.2 Å². The maximum Gasteiger partial charge on any atom is 0.179 e. The summed E-state index contributed by atoms with van der Waals surface area (Å²) in [5.41, 5.74) is 1.19. The number of hydrogen-bond acceptors (Lipinski definition) is 3. The first-order valence-electron chi connectivity index (χ1n) is 6.61. The zero-order valence-electron chi connectivity index (χ0n) is 11.5. The molecule has 1 aliphatic rings. The van der Waals surface area contributed by atoms with Crippen molar-refractivity contribution in [2.24, 2.45) is 0 Å². The van der Waals surface area contributed by atoms with E-state index in [-0.39, 0.29) is 6.10 Å². The molecule has 0 aliphatic carbocycles. The smallest absolute Gasteiger partial charge is 0.179 e. The van der Waals surface area contributed by atoms with Gasteiger partial charge in [-0.05, 0) is 18.9 Å². The summed E-state index contributed by atoms with van der Waals surface area (Å²) in [6.07, 6.45) is 3.33. The van der Waals surface area contributed by atoms with E-state index in [0.29, 0.717) is 12.6 Å². The summed E-state index contributed by atoms with van der Waals surface area (Å²) in [4.78, 5) is 1.79. The summed E-state index contributed by atoms with van der Waals surface area (Å²) >= 11 is 0. The van der Waals surface area contributed by atoms with E-state index in [1.54, 1.807) is 4.90 Å². The van der Waals surface area contributed by atoms with Crippen molar-refractivity contribution in [3.8, 4) is 6.19 Å². The Hall–Kier alpha value is -1.53. The van der Waals surface area contributed by atoms with Gasteiger partial charge in [-0.2, -0.15) is 5.26 Å². The molecule has 2 unspecified atom stereocenters. The molecule has 2 atom stereocenters. The molecule has 0 aromatic heterocycles. The monoisotopic (exact) mass is 246 g/mol. The zero-order valence-corrected chi connectivity index (χ0v) is 11.5. The largest absolute Gasteiger partial charge is 0.372 e. The Kier molecular flexibility index (Phi) is 6.24. The van der Waals surface area contributed by atoms with E-state index in [1.165, 1.54) is 5.56 Å². The van der Waals surface area contributed by atoms with E-state index in [1.807, 2.05) is 32.0 Å². The van der Waals surface area contributed by atoms with Crippen LogP contribution in [0.5, 0.6) is 0 Å². The number of benzene rings is 1. The Labute approximate surface area is 110 Å². The van der Waals surface area contributed by atoms with Crippen molar-refractivity contribution >= 4 is 0 Å². The molecular formula is C15H22N2O. The number of likely N-dealkylation sites (tertiary alicyclic amines) is 1. The van der Waals surface area contributed by atoms with Crippen LogP contribution in [0.3, 0.4) is 0 Å². The number of rotatable bonds is 3. The van der Waals surface area contributed by atoms with Crippen molar-refractivity contribution < 1.29 is 4.74 Å². The van der Waals surface area contributed by atoms with Crippen LogP contribution in [-0.2, 0) is 11.3 Å². The molecule has 1 fully saturated rings. The third-order valence-corrected chi connectivity index (χ3v) is 2.99. The summed E-state index contributed by atoms with van der Waals surface area (Å²) in [6, 6.07) is 10.4. The lowest BCUT2D eigenvalue weighted by molar-refractivity contribution is 0.0494. The van der Waals surface area contributed by atoms with Crippen LogP contribution in [-0.4, -0.2) is 23.6 Å². The van der Waals surface area contributed by atoms with Gasteiger partial charge in [0, 0.05) is 6.04 Å². The summed E-state index contributed by atoms with van der Waals surface area (Å²) in [7, 11) is 0. The van der Waals surface area contributed by atoms with E-state index >= 15 is 0 Å². The van der Waals surface area contributed by atoms with Crippen LogP contribution in [0.25, 0.3) is 0 Å². The van der Waals surface area contributed by atoms with Gasteiger partial charge in [0.25, 0.3) is 0 Å². The van der Waals surface area contributed by atoms with Crippen LogP contribution < -0.4 is 0 Å². The Balaban J connectivity index is 0.000000771. The molecule has 3 heteroatoms. The predicted octanol–water partition coefficient (Wildman–Crippen LogP) is 3.17. The third-order valence-electron chi connectivity index (χ3n) is 2.99. The second kappa shape index (κ2) is 7.73. The van der Waals surface area contributed by atoms with Crippen LogP contribution in [0.1, 0.15) is 32.8 Å². The van der Waals surface area contributed by atoms with Crippen LogP contribution in [0, 0.1) is 11.5 Å². The molecular weight excluding hydrogens is 224 g/mol. The fourth-order valence-electron chi connectivity index (χ4n) is 2.03. The van der Waals surface area contributed by atoms with E-state index < -0.39 is 0 Å². The predicted molar refractivity (Wildman–Crippen MR) is 72.8 cm³/mol. The van der Waals surface area contributed by atoms with E-state index in [0.717, 1.165) is 13.0 Å². The Morgan fingerprint density at radius 2 is 2.00 bits per heavy atom. The molecule has 1 aromatic carbocycles. The fourth-order valence-corrected chi connectivity index (χ4v) is 2.03. The summed E-state index contributed by atoms with van der Waals surface area (Å²) in [5, 5.41) is 8.86. The van der Waals surface area contributed by atoms with Gasteiger partial charge < -0.3 is 9.64 Å². The molecule has 0 saturated carbocycles. The van der Waals surface area contributed by atoms with Gasteiger partial charge in [0.1, 0.15) is 0 Å². The van der Waals surface area contributed by atoms with Crippen molar-refractivity contribution in [3.05, 3.63) is 35.9 Å². The molecule has 2 rings (SSSR count). The zero-order chi connectivity index (χ0) is 13.4. The quantitative estimate of drug-likeness (QED) is 0.769. The lowest BCUT2D eigenvalue weighted by atomic mass is 10.2. The molecule has 1 saturated heterocycles. The van der Waals surface area contributed by atoms with Gasteiger partial charge in [-0.25, -0.2) is 0 Å². The third kappa shape index (κ3) is 4.05. The van der Waals surface area contributed by atoms with Crippen LogP contribution in [0.2, 0.25) is 0 Å². The maximum atomic E-state index is 8.86. The number of hydrogen-bond donors (Lipinski definition) is 0. The van der Waals surface area contributed by atoms with Crippen molar-refractivity contribution in [3.63, 3.8) is 0 Å². The Morgan fingerprint density at radius 1 is 1.33 bits per heavy atom. The minimum atomic E-state index is 0.190. The highest BCUT2D eigenvalue weighted by Crippen LogP contribution is 2.19. The lowest BCUT2D eigenvalue weighted by Gasteiger charge is -2.11. The van der Waals surface area contributed by atoms with Crippen molar-refractivity contribution in [2.45, 2.75) is 45.9 Å². The van der Waals surface area contributed by atoms with Crippen molar-refractivity contribution in [1.82, 2.24) is 4.90 Å². The first-order valence-corrected chi connectivity index (χ1v) is 6.61. The average molecular weight is 246 g/mol. The summed E-state index contributed by atoms with van der Waals surface area (Å²) in [6.45, 7) is 7.43. The summed E-state index contributed by atoms with van der Waals surface area (Å²) in [5.74, 6) is 0. The molecule has 1 aliphatic heterocycles. The molecule has 0 bridgehead atoms. The van der Waals surface area contributed by atoms with Gasteiger partial charge in [0.15, 0.2) is 6.19 Å². The number of nitriles is 1. The normalized spacial score (nSPS) is 22.0. The lowest BCUT2D eigenvalue weighted by Crippen LogP contribution is -2.22. The SMILES string of the molecule is CC.CC1CC(OCc2ccccc2)CN1C#N. The molecule has 98 valence electrons. The van der Waals surface area contributed by atoms with Gasteiger partial charge in [0.2, 0.25) is 0 Å². The molecule has 1 aromatic rings. The van der Waals surface area contributed by atoms with Crippen LogP contribution in [0.15, 0.2) is 30.3 Å². The molecule has 0 radical (unpaired) electrons. The van der Waals surface area contributed by atoms with Gasteiger partial charge in [0.05, 0.1) is 19.3 Å². The first-order chi connectivity index (χ1) is 8.79. The van der Waals surface area contributed by atoms with E-state index in [4.69, 9.17) is 10.00 Å². The standard InChI is InChI=1S/C13H16N2O.C2H6/c1-11-7-13(8-15(11)10-14)16-9-12-5-3-2-4-6-12;1-2/h2-6,11,13H,7-9H2,1H3;1-2H3. The van der Waals surface area contributed by atoms with E-state index in [9.17, 15) is 0 Å². The Bertz CT molecular complexity index is 372. The number of nitrogens with zero attached hydrogens (tertiary/aromatic N) is 2. The topological polar surface area (TPSA) is 36.3 Å². The Morgan fingerprint density at radius 3 is 2.56 bits per heavy atom. The minimum Gasteiger partial charge on any atom is -0.372 e. The molecule has 0 amide bonds. The van der Waals surface area contributed by atoms with Gasteiger partial charge in [-0.3, -0.25) is 0 Å². The van der Waals surface area contributed by atoms with Crippen LogP contribution in [0.4, 0.5) is 0 Å². The summed E-state index contributed by atoms with van der Waals surface area (Å²) < 4.78 is 5.80. The van der Waals surface area contributed by atoms with Crippen molar-refractivity contribution in [2.75, 3.05) is 6.54 Å². The highest BCUT2D eigenvalue weighted by atomic mass is 16.5. The highest BCUT2D eigenvalue weighted by Gasteiger charge is 2.28. The van der Waals surface area contributed by atoms with Crippen LogP contribution >= 0.6 is 0 Å². The molecule has 0 N–H and O–H groups in total. The fraction of sp³-hybridized carbons (Fsp3) is 0.533. The second-order valence-corrected chi connectivity index (χ2v) is 4.26. The van der Waals surface area contributed by atoms with Gasteiger partial charge in [-0.1, -0.05) is 44.2 Å².